The van der Waals surface area contributed by atoms with Gasteiger partial charge in [0.05, 0.1) is 17.1 Å². The quantitative estimate of drug-likeness (QED) is 0.160. The number of carbonyl (C=O) groups excluding carboxylic acids is 3. The molecule has 0 saturated carbocycles. The maximum atomic E-state index is 12.7. The molecular weight excluding hydrogens is 446 g/mol. The first-order chi connectivity index (χ1) is 17.0. The van der Waals surface area contributed by atoms with E-state index < -0.39 is 23.9 Å². The number of imidazole rings is 1. The maximum Gasteiger partial charge on any atom is 0.322 e. The number of hydrogen-bond donors (Lipinski definition) is 5. The molecule has 9 heteroatoms. The molecule has 0 bridgehead atoms. The average Bonchev–Trinajstić information content (AvgIpc) is 3.30. The molecule has 0 fully saturated rings. The van der Waals surface area contributed by atoms with Crippen molar-refractivity contribution in [2.24, 2.45) is 0 Å². The Kier molecular flexibility index (Phi) is 7.29. The van der Waals surface area contributed by atoms with Crippen molar-refractivity contribution in [3.63, 3.8) is 0 Å². The lowest BCUT2D eigenvalue weighted by molar-refractivity contribution is -0.124. The monoisotopic (exact) mass is 469 g/mol. The van der Waals surface area contributed by atoms with Gasteiger partial charge in [0.15, 0.2) is 0 Å². The van der Waals surface area contributed by atoms with Crippen molar-refractivity contribution in [1.82, 2.24) is 26.1 Å². The Morgan fingerprint density at radius 2 is 1.66 bits per heavy atom. The summed E-state index contributed by atoms with van der Waals surface area (Å²) < 4.78 is 0. The molecule has 1 atom stereocenters. The van der Waals surface area contributed by atoms with Crippen LogP contribution in [-0.4, -0.2) is 33.0 Å². The van der Waals surface area contributed by atoms with Gasteiger partial charge in [-0.25, -0.2) is 15.3 Å². The van der Waals surface area contributed by atoms with Crippen LogP contribution in [0.4, 0.5) is 4.79 Å². The van der Waals surface area contributed by atoms with Crippen LogP contribution in [0.25, 0.3) is 17.1 Å². The minimum atomic E-state index is -0.641. The minimum absolute atomic E-state index is 0.351. The van der Waals surface area contributed by atoms with Crippen molar-refractivity contribution in [2.75, 3.05) is 0 Å². The van der Waals surface area contributed by atoms with Crippen LogP contribution in [0.3, 0.4) is 0 Å². The molecule has 1 unspecified atom stereocenters. The Balaban J connectivity index is 1.54. The number of amides is 4. The molecule has 4 rings (SSSR count). The number of rotatable bonds is 7. The van der Waals surface area contributed by atoms with Gasteiger partial charge in [0.2, 0.25) is 0 Å². The van der Waals surface area contributed by atoms with Gasteiger partial charge in [-0.15, -0.1) is 0 Å². The first-order valence-electron chi connectivity index (χ1n) is 10.8. The predicted molar refractivity (Wildman–Crippen MR) is 130 cm³/mol. The lowest BCUT2D eigenvalue weighted by Gasteiger charge is -2.19. The molecule has 0 aliphatic carbocycles. The van der Waals surface area contributed by atoms with Crippen molar-refractivity contribution in [3.05, 3.63) is 107 Å². The molecule has 4 amide bonds. The fraction of sp³-hybridized carbons (Fsp3) is 0.0769. The fourth-order valence-electron chi connectivity index (χ4n) is 3.56. The normalized spacial score (nSPS) is 11.8. The molecule has 0 aliphatic rings. The van der Waals surface area contributed by atoms with E-state index in [1.165, 1.54) is 11.6 Å². The van der Waals surface area contributed by atoms with Gasteiger partial charge in [0.25, 0.3) is 11.8 Å². The van der Waals surface area contributed by atoms with E-state index in [4.69, 9.17) is 5.21 Å². The van der Waals surface area contributed by atoms with E-state index in [-0.39, 0.29) is 0 Å². The number of H-pyrrole nitrogens is 1. The predicted octanol–water partition coefficient (Wildman–Crippen LogP) is 3.50. The smallest absolute Gasteiger partial charge is 0.322 e. The van der Waals surface area contributed by atoms with Crippen LogP contribution >= 0.6 is 0 Å². The summed E-state index contributed by atoms with van der Waals surface area (Å²) in [7, 11) is 0. The van der Waals surface area contributed by atoms with Crippen LogP contribution in [0.5, 0.6) is 0 Å². The third-order valence-electron chi connectivity index (χ3n) is 5.28. The largest absolute Gasteiger partial charge is 0.342 e. The second-order valence-electron chi connectivity index (χ2n) is 7.73. The SMILES string of the molecule is O=C(C=Cc1ccc(C(Cc2nc3ccccc3[nH]2)NC(=O)NC(=O)c2ccccc2)cc1)NO. The van der Waals surface area contributed by atoms with Crippen LogP contribution < -0.4 is 16.1 Å². The van der Waals surface area contributed by atoms with Crippen molar-refractivity contribution < 1.29 is 19.6 Å². The van der Waals surface area contributed by atoms with E-state index >= 15 is 0 Å². The molecule has 0 radical (unpaired) electrons. The molecule has 0 spiro atoms. The highest BCUT2D eigenvalue weighted by Gasteiger charge is 2.19. The van der Waals surface area contributed by atoms with Crippen LogP contribution in [0.1, 0.15) is 33.4 Å². The molecule has 176 valence electrons. The van der Waals surface area contributed by atoms with Gasteiger partial charge >= 0.3 is 6.03 Å². The molecule has 4 aromatic rings. The Labute approximate surface area is 200 Å². The third-order valence-corrected chi connectivity index (χ3v) is 5.28. The molecule has 3 aromatic carbocycles. The zero-order chi connectivity index (χ0) is 24.6. The van der Waals surface area contributed by atoms with Gasteiger partial charge in [-0.1, -0.05) is 54.6 Å². The number of carbonyl (C=O) groups is 3. The van der Waals surface area contributed by atoms with Crippen molar-refractivity contribution in [1.29, 1.82) is 0 Å². The van der Waals surface area contributed by atoms with Gasteiger partial charge in [0, 0.05) is 18.1 Å². The zero-order valence-electron chi connectivity index (χ0n) is 18.6. The van der Waals surface area contributed by atoms with Crippen molar-refractivity contribution >= 4 is 35.0 Å². The highest BCUT2D eigenvalue weighted by atomic mass is 16.5. The average molecular weight is 470 g/mol. The van der Waals surface area contributed by atoms with Gasteiger partial charge < -0.3 is 10.3 Å². The van der Waals surface area contributed by atoms with E-state index in [0.717, 1.165) is 22.2 Å². The Hall–Kier alpha value is -4.76. The van der Waals surface area contributed by atoms with Crippen LogP contribution in [0, 0.1) is 0 Å². The van der Waals surface area contributed by atoms with E-state index in [1.807, 2.05) is 36.4 Å². The van der Waals surface area contributed by atoms with E-state index in [9.17, 15) is 14.4 Å². The molecule has 1 aromatic heterocycles. The van der Waals surface area contributed by atoms with Crippen LogP contribution in [-0.2, 0) is 11.2 Å². The van der Waals surface area contributed by atoms with Crippen LogP contribution in [0.15, 0.2) is 84.9 Å². The summed E-state index contributed by atoms with van der Waals surface area (Å²) in [5.41, 5.74) is 5.10. The molecule has 0 aliphatic heterocycles. The van der Waals surface area contributed by atoms with E-state index in [1.54, 1.807) is 48.5 Å². The summed E-state index contributed by atoms with van der Waals surface area (Å²) >= 11 is 0. The molecule has 5 N–H and O–H groups in total. The van der Waals surface area contributed by atoms with E-state index in [0.29, 0.717) is 17.8 Å². The summed E-state index contributed by atoms with van der Waals surface area (Å²) in [4.78, 5) is 44.2. The minimum Gasteiger partial charge on any atom is -0.342 e. The lowest BCUT2D eigenvalue weighted by atomic mass is 10.0. The zero-order valence-corrected chi connectivity index (χ0v) is 18.6. The second-order valence-corrected chi connectivity index (χ2v) is 7.73. The van der Waals surface area contributed by atoms with Gasteiger partial charge in [-0.2, -0.15) is 0 Å². The highest BCUT2D eigenvalue weighted by molar-refractivity contribution is 6.04. The molecular formula is C26H23N5O4. The Morgan fingerprint density at radius 1 is 0.943 bits per heavy atom. The molecule has 0 saturated heterocycles. The first-order valence-corrected chi connectivity index (χ1v) is 10.8. The number of aromatic amines is 1. The summed E-state index contributed by atoms with van der Waals surface area (Å²) in [6.45, 7) is 0. The molecule has 1 heterocycles. The van der Waals surface area contributed by atoms with Crippen molar-refractivity contribution in [3.8, 4) is 0 Å². The number of imide groups is 1. The maximum absolute atomic E-state index is 12.7. The number of aromatic nitrogens is 2. The standard InChI is InChI=1S/C26H23N5O4/c32-24(31-35)15-12-17-10-13-18(14-11-17)22(16-23-27-20-8-4-5-9-21(20)28-23)29-26(34)30-25(33)19-6-2-1-3-7-19/h1-15,22,35H,16H2,(H,27,28)(H,31,32)(H2,29,30,33,34). The summed E-state index contributed by atoms with van der Waals surface area (Å²) in [5, 5.41) is 13.8. The number of nitrogens with one attached hydrogen (secondary N) is 4. The number of urea groups is 1. The number of para-hydroxylation sites is 2. The Morgan fingerprint density at radius 3 is 2.37 bits per heavy atom. The Bertz CT molecular complexity index is 1330. The van der Waals surface area contributed by atoms with Gasteiger partial charge in [-0.05, 0) is 41.5 Å². The summed E-state index contributed by atoms with van der Waals surface area (Å²) in [6.07, 6.45) is 3.09. The van der Waals surface area contributed by atoms with Crippen LogP contribution in [0.2, 0.25) is 0 Å². The number of hydrogen-bond acceptors (Lipinski definition) is 5. The number of benzene rings is 3. The van der Waals surface area contributed by atoms with Gasteiger partial charge in [-0.3, -0.25) is 20.1 Å². The summed E-state index contributed by atoms with van der Waals surface area (Å²) in [5.74, 6) is -0.471. The first kappa shape index (κ1) is 23.4. The lowest BCUT2D eigenvalue weighted by Crippen LogP contribution is -2.41. The fourth-order valence-corrected chi connectivity index (χ4v) is 3.56. The second kappa shape index (κ2) is 10.9. The summed E-state index contributed by atoms with van der Waals surface area (Å²) in [6, 6.07) is 22.1. The molecule has 9 nitrogen and oxygen atoms in total. The number of hydroxylamine groups is 1. The van der Waals surface area contributed by atoms with Crippen molar-refractivity contribution in [2.45, 2.75) is 12.5 Å². The number of nitrogens with zero attached hydrogens (tertiary/aromatic N) is 1. The number of fused-ring (bicyclic) bond motifs is 1. The third kappa shape index (κ3) is 6.18. The van der Waals surface area contributed by atoms with Gasteiger partial charge in [0.1, 0.15) is 5.82 Å². The highest BCUT2D eigenvalue weighted by Crippen LogP contribution is 2.20. The van der Waals surface area contributed by atoms with E-state index in [2.05, 4.69) is 20.6 Å². The topological polar surface area (TPSA) is 136 Å². The molecule has 35 heavy (non-hydrogen) atoms.